The molecular weight excluding hydrogens is 451 g/mol. The van der Waals surface area contributed by atoms with Gasteiger partial charge in [-0.3, -0.25) is 9.59 Å². The zero-order chi connectivity index (χ0) is 23.0. The summed E-state index contributed by atoms with van der Waals surface area (Å²) in [7, 11) is 0. The van der Waals surface area contributed by atoms with E-state index < -0.39 is 6.04 Å². The standard InChI is InChI=1S/C24H30Cl2N2O2S/c1-5-17(3)27-24(30)18(4)28(15-19-8-9-20(25)14-22(19)26)23(29)12-13-31-21-10-6-16(2)7-11-21/h6-11,14,17-18H,5,12-13,15H2,1-4H3,(H,27,30)/t17-,18+/m1/s1. The third-order valence-corrected chi connectivity index (χ3v) is 6.73. The van der Waals surface area contributed by atoms with Crippen molar-refractivity contribution in [1.82, 2.24) is 10.2 Å². The van der Waals surface area contributed by atoms with Gasteiger partial charge >= 0.3 is 0 Å². The number of nitrogens with zero attached hydrogens (tertiary/aromatic N) is 1. The number of aryl methyl sites for hydroxylation is 1. The van der Waals surface area contributed by atoms with Crippen LogP contribution in [0.3, 0.4) is 0 Å². The smallest absolute Gasteiger partial charge is 0.242 e. The van der Waals surface area contributed by atoms with Gasteiger partial charge in [0.05, 0.1) is 0 Å². The summed E-state index contributed by atoms with van der Waals surface area (Å²) in [5.41, 5.74) is 1.96. The van der Waals surface area contributed by atoms with Crippen LogP contribution in [-0.2, 0) is 16.1 Å². The van der Waals surface area contributed by atoms with Gasteiger partial charge in [0, 0.05) is 39.7 Å². The third-order valence-electron chi connectivity index (χ3n) is 5.13. The molecule has 0 aliphatic carbocycles. The van der Waals surface area contributed by atoms with Crippen LogP contribution >= 0.6 is 35.0 Å². The first-order valence-corrected chi connectivity index (χ1v) is 12.2. The summed E-state index contributed by atoms with van der Waals surface area (Å²) >= 11 is 14.0. The summed E-state index contributed by atoms with van der Waals surface area (Å²) in [6.45, 7) is 8.01. The number of carbonyl (C=O) groups excluding carboxylic acids is 2. The zero-order valence-corrected chi connectivity index (χ0v) is 20.8. The fourth-order valence-electron chi connectivity index (χ4n) is 2.92. The highest BCUT2D eigenvalue weighted by Crippen LogP contribution is 2.24. The van der Waals surface area contributed by atoms with Crippen LogP contribution in [-0.4, -0.2) is 34.6 Å². The Morgan fingerprint density at radius 1 is 1.10 bits per heavy atom. The molecule has 0 fully saturated rings. The molecule has 168 valence electrons. The van der Waals surface area contributed by atoms with Gasteiger partial charge < -0.3 is 10.2 Å². The number of hydrogen-bond donors (Lipinski definition) is 1. The molecule has 7 heteroatoms. The molecule has 31 heavy (non-hydrogen) atoms. The van der Waals surface area contributed by atoms with Gasteiger partial charge in [-0.2, -0.15) is 0 Å². The van der Waals surface area contributed by atoms with Gasteiger partial charge in [-0.05, 0) is 57.0 Å². The van der Waals surface area contributed by atoms with E-state index in [9.17, 15) is 9.59 Å². The lowest BCUT2D eigenvalue weighted by Gasteiger charge is -2.30. The molecular formula is C24H30Cl2N2O2S. The van der Waals surface area contributed by atoms with E-state index in [4.69, 9.17) is 23.2 Å². The van der Waals surface area contributed by atoms with E-state index in [-0.39, 0.29) is 24.4 Å². The topological polar surface area (TPSA) is 49.4 Å². The molecule has 0 aliphatic heterocycles. The summed E-state index contributed by atoms with van der Waals surface area (Å²) < 4.78 is 0. The molecule has 0 saturated carbocycles. The van der Waals surface area contributed by atoms with Crippen molar-refractivity contribution < 1.29 is 9.59 Å². The lowest BCUT2D eigenvalue weighted by atomic mass is 10.1. The van der Waals surface area contributed by atoms with Crippen molar-refractivity contribution in [2.45, 2.75) is 64.1 Å². The Labute approximate surface area is 199 Å². The maximum absolute atomic E-state index is 13.1. The number of rotatable bonds is 10. The van der Waals surface area contributed by atoms with E-state index in [1.165, 1.54) is 5.56 Å². The lowest BCUT2D eigenvalue weighted by Crippen LogP contribution is -2.49. The molecule has 2 rings (SSSR count). The molecule has 4 nitrogen and oxygen atoms in total. The molecule has 2 atom stereocenters. The van der Waals surface area contributed by atoms with Gasteiger partial charge in [-0.15, -0.1) is 11.8 Å². The number of amides is 2. The van der Waals surface area contributed by atoms with Crippen LogP contribution in [0.2, 0.25) is 10.0 Å². The number of benzene rings is 2. The van der Waals surface area contributed by atoms with Crippen molar-refractivity contribution >= 4 is 46.8 Å². The van der Waals surface area contributed by atoms with Gasteiger partial charge in [0.25, 0.3) is 0 Å². The first-order chi connectivity index (χ1) is 14.7. The monoisotopic (exact) mass is 480 g/mol. The molecule has 0 aliphatic rings. The normalized spacial score (nSPS) is 12.8. The molecule has 0 spiro atoms. The Morgan fingerprint density at radius 3 is 2.39 bits per heavy atom. The summed E-state index contributed by atoms with van der Waals surface area (Å²) in [6.07, 6.45) is 1.15. The van der Waals surface area contributed by atoms with E-state index in [1.807, 2.05) is 20.8 Å². The van der Waals surface area contributed by atoms with E-state index >= 15 is 0 Å². The van der Waals surface area contributed by atoms with Gasteiger partial charge in [0.1, 0.15) is 6.04 Å². The lowest BCUT2D eigenvalue weighted by molar-refractivity contribution is -0.140. The van der Waals surface area contributed by atoms with Crippen LogP contribution in [0.25, 0.3) is 0 Å². The first-order valence-electron chi connectivity index (χ1n) is 10.4. The Hall–Kier alpha value is -1.69. The molecule has 2 amide bonds. The highest BCUT2D eigenvalue weighted by atomic mass is 35.5. The molecule has 2 aromatic carbocycles. The molecule has 1 N–H and O–H groups in total. The number of carbonyl (C=O) groups is 2. The molecule has 0 radical (unpaired) electrons. The van der Waals surface area contributed by atoms with E-state index in [1.54, 1.807) is 41.8 Å². The van der Waals surface area contributed by atoms with Crippen molar-refractivity contribution in [3.63, 3.8) is 0 Å². The van der Waals surface area contributed by atoms with Crippen LogP contribution in [0.5, 0.6) is 0 Å². The number of halogens is 2. The van der Waals surface area contributed by atoms with Crippen LogP contribution < -0.4 is 5.32 Å². The molecule has 0 aromatic heterocycles. The SMILES string of the molecule is CC[C@@H](C)NC(=O)[C@H](C)N(Cc1ccc(Cl)cc1Cl)C(=O)CCSc1ccc(C)cc1. The molecule has 0 saturated heterocycles. The minimum atomic E-state index is -0.613. The number of hydrogen-bond acceptors (Lipinski definition) is 3. The Bertz CT molecular complexity index is 890. The van der Waals surface area contributed by atoms with Crippen molar-refractivity contribution in [1.29, 1.82) is 0 Å². The highest BCUT2D eigenvalue weighted by molar-refractivity contribution is 7.99. The molecule has 0 bridgehead atoms. The summed E-state index contributed by atoms with van der Waals surface area (Å²) in [5, 5.41) is 3.98. The van der Waals surface area contributed by atoms with Gasteiger partial charge in [0.2, 0.25) is 11.8 Å². The largest absolute Gasteiger partial charge is 0.352 e. The molecule has 0 heterocycles. The molecule has 0 unspecified atom stereocenters. The molecule has 2 aromatic rings. The van der Waals surface area contributed by atoms with Crippen molar-refractivity contribution in [2.24, 2.45) is 0 Å². The predicted molar refractivity (Wildman–Crippen MR) is 131 cm³/mol. The van der Waals surface area contributed by atoms with E-state index in [2.05, 4.69) is 29.6 Å². The summed E-state index contributed by atoms with van der Waals surface area (Å²) in [6, 6.07) is 12.8. The van der Waals surface area contributed by atoms with Crippen molar-refractivity contribution in [2.75, 3.05) is 5.75 Å². The Balaban J connectivity index is 2.11. The second kappa shape index (κ2) is 12.4. The fraction of sp³-hybridized carbons (Fsp3) is 0.417. The van der Waals surface area contributed by atoms with E-state index in [0.29, 0.717) is 22.2 Å². The second-order valence-corrected chi connectivity index (χ2v) is 9.67. The maximum Gasteiger partial charge on any atom is 0.242 e. The van der Waals surface area contributed by atoms with Crippen LogP contribution in [0, 0.1) is 6.92 Å². The Morgan fingerprint density at radius 2 is 1.77 bits per heavy atom. The van der Waals surface area contributed by atoms with E-state index in [0.717, 1.165) is 16.9 Å². The van der Waals surface area contributed by atoms with Gasteiger partial charge in [0.15, 0.2) is 0 Å². The van der Waals surface area contributed by atoms with Gasteiger partial charge in [-0.25, -0.2) is 0 Å². The fourth-order valence-corrected chi connectivity index (χ4v) is 4.23. The van der Waals surface area contributed by atoms with Gasteiger partial charge in [-0.1, -0.05) is 53.9 Å². The van der Waals surface area contributed by atoms with Crippen LogP contribution in [0.1, 0.15) is 44.7 Å². The predicted octanol–water partition coefficient (Wildman–Crippen LogP) is 6.12. The maximum atomic E-state index is 13.1. The minimum absolute atomic E-state index is 0.0446. The first kappa shape index (κ1) is 25.6. The number of thioether (sulfide) groups is 1. The minimum Gasteiger partial charge on any atom is -0.352 e. The average molecular weight is 481 g/mol. The van der Waals surface area contributed by atoms with Crippen LogP contribution in [0.15, 0.2) is 47.4 Å². The number of nitrogens with one attached hydrogen (secondary N) is 1. The summed E-state index contributed by atoms with van der Waals surface area (Å²) in [5.74, 6) is 0.378. The highest BCUT2D eigenvalue weighted by Gasteiger charge is 2.27. The zero-order valence-electron chi connectivity index (χ0n) is 18.5. The van der Waals surface area contributed by atoms with Crippen molar-refractivity contribution in [3.05, 3.63) is 63.6 Å². The second-order valence-electron chi connectivity index (χ2n) is 7.66. The van der Waals surface area contributed by atoms with Crippen molar-refractivity contribution in [3.8, 4) is 0 Å². The average Bonchev–Trinajstić information content (AvgIpc) is 2.73. The quantitative estimate of drug-likeness (QED) is 0.416. The summed E-state index contributed by atoms with van der Waals surface area (Å²) in [4.78, 5) is 28.6. The van der Waals surface area contributed by atoms with Crippen LogP contribution in [0.4, 0.5) is 0 Å². The Kier molecular flexibility index (Phi) is 10.2. The third kappa shape index (κ3) is 8.06.